The van der Waals surface area contributed by atoms with Crippen LogP contribution in [0.25, 0.3) is 21.6 Å². The maximum Gasteiger partial charge on any atom is 0.408 e. The number of halogens is 1. The smallest absolute Gasteiger partial charge is 0.408 e. The molecule has 1 unspecified atom stereocenters. The van der Waals surface area contributed by atoms with Crippen LogP contribution in [-0.4, -0.2) is 101 Å². The van der Waals surface area contributed by atoms with E-state index in [4.69, 9.17) is 40.5 Å². The second-order valence-corrected chi connectivity index (χ2v) is 18.6. The maximum absolute atomic E-state index is 14.7. The molecule has 58 heavy (non-hydrogen) atoms. The molecule has 3 heterocycles. The van der Waals surface area contributed by atoms with Crippen LogP contribution in [-0.2, 0) is 23.9 Å². The van der Waals surface area contributed by atoms with Gasteiger partial charge in [-0.1, -0.05) is 52.3 Å². The highest BCUT2D eigenvalue weighted by Gasteiger charge is 2.61. The third kappa shape index (κ3) is 8.48. The Morgan fingerprint density at radius 1 is 1.09 bits per heavy atom. The lowest BCUT2D eigenvalue weighted by Gasteiger charge is -2.35. The van der Waals surface area contributed by atoms with Gasteiger partial charge in [-0.3, -0.25) is 9.59 Å². The normalized spacial score (nSPS) is 26.5. The first kappa shape index (κ1) is 41.7. The van der Waals surface area contributed by atoms with Crippen LogP contribution in [0.3, 0.4) is 0 Å². The number of benzene rings is 1. The van der Waals surface area contributed by atoms with Crippen LogP contribution >= 0.6 is 22.9 Å². The summed E-state index contributed by atoms with van der Waals surface area (Å²) < 4.78 is 23.5. The number of nitrogens with zero attached hydrogens (tertiary/aromatic N) is 3. The van der Waals surface area contributed by atoms with Crippen LogP contribution in [0.4, 0.5) is 4.79 Å². The number of aromatic nitrogens is 2. The van der Waals surface area contributed by atoms with Gasteiger partial charge in [0, 0.05) is 36.3 Å². The average Bonchev–Trinajstić information content (AvgIpc) is 3.81. The van der Waals surface area contributed by atoms with E-state index in [1.165, 1.54) is 28.7 Å². The van der Waals surface area contributed by atoms with Gasteiger partial charge in [-0.2, -0.15) is 0 Å². The summed E-state index contributed by atoms with van der Waals surface area (Å²) in [5, 5.41) is 19.2. The molecular formula is C42H52ClN5O9S. The van der Waals surface area contributed by atoms with Crippen molar-refractivity contribution in [1.82, 2.24) is 25.5 Å². The van der Waals surface area contributed by atoms with Crippen LogP contribution in [0.15, 0.2) is 36.2 Å². The number of carboxylic acids is 1. The molecule has 7 rings (SSSR count). The summed E-state index contributed by atoms with van der Waals surface area (Å²) in [4.78, 5) is 65.7. The molecule has 0 radical (unpaired) electrons. The monoisotopic (exact) mass is 837 g/mol. The van der Waals surface area contributed by atoms with Gasteiger partial charge in [-0.05, 0) is 61.0 Å². The second-order valence-electron chi connectivity index (χ2n) is 17.3. The maximum atomic E-state index is 14.7. The average molecular weight is 838 g/mol. The Hall–Kier alpha value is -4.47. The zero-order valence-corrected chi connectivity index (χ0v) is 35.3. The van der Waals surface area contributed by atoms with Crippen molar-refractivity contribution in [3.05, 3.63) is 47.0 Å². The number of fused-ring (bicyclic) bond motifs is 2. The van der Waals surface area contributed by atoms with Crippen molar-refractivity contribution in [1.29, 1.82) is 0 Å². The molecule has 0 bridgehead atoms. The van der Waals surface area contributed by atoms with E-state index in [-0.39, 0.29) is 43.0 Å². The lowest BCUT2D eigenvalue weighted by molar-refractivity contribution is -0.146. The zero-order valence-electron chi connectivity index (χ0n) is 33.7. The van der Waals surface area contributed by atoms with Crippen LogP contribution in [0.2, 0.25) is 5.02 Å². The fourth-order valence-corrected chi connectivity index (χ4v) is 9.38. The number of likely N-dealkylation sites (tertiary alicyclic amines) is 1. The van der Waals surface area contributed by atoms with Crippen molar-refractivity contribution in [2.75, 3.05) is 26.9 Å². The SMILES string of the molecule is C=C[C@@H]1C[C@]1(NC(=O)[C@@H]1C[C@@H](Oc2cc(-c3nc(C(C)C)cs3)nc3c(Cl)c(OCCOC)ccc23)CN1C(=O)[C@@H](NC(=O)OC1C[C@@H]2C[C@@H]2C1)C(C)(C)C)C(=O)O. The Balaban J connectivity index is 1.21. The van der Waals surface area contributed by atoms with Crippen molar-refractivity contribution in [2.24, 2.45) is 23.2 Å². The van der Waals surface area contributed by atoms with Gasteiger partial charge in [-0.15, -0.1) is 17.9 Å². The topological polar surface area (TPSA) is 179 Å². The third-order valence-corrected chi connectivity index (χ3v) is 13.0. The molecule has 8 atom stereocenters. The van der Waals surface area contributed by atoms with Gasteiger partial charge in [0.2, 0.25) is 11.8 Å². The molecule has 3 amide bonds. The molecule has 14 nitrogen and oxygen atoms in total. The Kier molecular flexibility index (Phi) is 11.7. The minimum absolute atomic E-state index is 0.0258. The van der Waals surface area contributed by atoms with Gasteiger partial charge in [0.25, 0.3) is 0 Å². The summed E-state index contributed by atoms with van der Waals surface area (Å²) in [6, 6.07) is 3.07. The fraction of sp³-hybridized carbons (Fsp3) is 0.571. The standard InChI is InChI=1S/C42H52ClN5O9S/c1-8-24-18-42(24,39(51)52)47-36(49)30-16-26(19-48(30)38(50)35(41(4,5)6)46-40(53)57-25-14-22-13-23(22)15-25)56-32-17-28(37-45-29(20-58-37)21(2)3)44-34-27(32)9-10-31(33(34)43)55-12-11-54-7/h8-10,17,20-26,30,35H,1,11-16,18-19H2,2-7H3,(H,46,53)(H,47,49)(H,51,52)/t22-,23+,24-,25?,26-,30+,35-,42-/m1/s1. The number of pyridine rings is 1. The molecular weight excluding hydrogens is 786 g/mol. The van der Waals surface area contributed by atoms with Crippen LogP contribution in [0.1, 0.15) is 78.3 Å². The first-order valence-electron chi connectivity index (χ1n) is 19.9. The number of carbonyl (C=O) groups is 4. The summed E-state index contributed by atoms with van der Waals surface area (Å²) in [5.74, 6) is -0.625. The number of amides is 3. The van der Waals surface area contributed by atoms with Gasteiger partial charge >= 0.3 is 12.1 Å². The number of ether oxygens (including phenoxy) is 4. The fourth-order valence-electron chi connectivity index (χ4n) is 8.18. The molecule has 0 spiro atoms. The first-order valence-corrected chi connectivity index (χ1v) is 21.1. The predicted octanol–water partition coefficient (Wildman–Crippen LogP) is 6.59. The Labute approximate surface area is 347 Å². The number of carbonyl (C=O) groups excluding carboxylic acids is 3. The number of methoxy groups -OCH3 is 1. The number of hydrogen-bond donors (Lipinski definition) is 3. The highest BCUT2D eigenvalue weighted by Crippen LogP contribution is 2.52. The predicted molar refractivity (Wildman–Crippen MR) is 218 cm³/mol. The Morgan fingerprint density at radius 3 is 2.45 bits per heavy atom. The first-order chi connectivity index (χ1) is 27.5. The van der Waals surface area contributed by atoms with Crippen LogP contribution < -0.4 is 20.1 Å². The lowest BCUT2D eigenvalue weighted by Crippen LogP contribution is -2.59. The molecule has 3 aliphatic carbocycles. The molecule has 1 aromatic carbocycles. The van der Waals surface area contributed by atoms with E-state index >= 15 is 0 Å². The van der Waals surface area contributed by atoms with Gasteiger partial charge in [0.05, 0.1) is 24.4 Å². The molecule has 2 aromatic heterocycles. The molecule has 4 aliphatic rings. The van der Waals surface area contributed by atoms with E-state index in [1.807, 2.05) is 26.2 Å². The quantitative estimate of drug-likeness (QED) is 0.111. The highest BCUT2D eigenvalue weighted by molar-refractivity contribution is 7.13. The van der Waals surface area contributed by atoms with E-state index in [2.05, 4.69) is 31.1 Å². The second kappa shape index (κ2) is 16.3. The van der Waals surface area contributed by atoms with E-state index in [1.54, 1.807) is 25.3 Å². The summed E-state index contributed by atoms with van der Waals surface area (Å²) in [7, 11) is 1.58. The number of aliphatic carboxylic acids is 1. The Bertz CT molecular complexity index is 2090. The molecule has 1 saturated heterocycles. The minimum atomic E-state index is -1.53. The molecule has 3 N–H and O–H groups in total. The summed E-state index contributed by atoms with van der Waals surface area (Å²) in [5.41, 5.74) is -0.492. The van der Waals surface area contributed by atoms with Crippen LogP contribution in [0.5, 0.6) is 11.5 Å². The van der Waals surface area contributed by atoms with E-state index < -0.39 is 58.9 Å². The van der Waals surface area contributed by atoms with Crippen molar-refractivity contribution in [3.8, 4) is 22.2 Å². The molecule has 16 heteroatoms. The van der Waals surface area contributed by atoms with Crippen LogP contribution in [0, 0.1) is 23.2 Å². The van der Waals surface area contributed by atoms with Gasteiger partial charge in [0.15, 0.2) is 0 Å². The molecule has 1 aliphatic heterocycles. The minimum Gasteiger partial charge on any atom is -0.490 e. The zero-order chi connectivity index (χ0) is 41.7. The van der Waals surface area contributed by atoms with Crippen molar-refractivity contribution < 1.29 is 43.2 Å². The van der Waals surface area contributed by atoms with Gasteiger partial charge in [-0.25, -0.2) is 19.6 Å². The van der Waals surface area contributed by atoms with Gasteiger partial charge in [0.1, 0.15) is 63.7 Å². The highest BCUT2D eigenvalue weighted by atomic mass is 35.5. The van der Waals surface area contributed by atoms with Crippen molar-refractivity contribution in [3.63, 3.8) is 0 Å². The van der Waals surface area contributed by atoms with Gasteiger partial charge < -0.3 is 39.6 Å². The lowest BCUT2D eigenvalue weighted by atomic mass is 9.85. The molecule has 4 fully saturated rings. The number of thiazole rings is 1. The number of alkyl carbamates (subject to hydrolysis) is 1. The van der Waals surface area contributed by atoms with Crippen molar-refractivity contribution in [2.45, 2.75) is 102 Å². The third-order valence-electron chi connectivity index (χ3n) is 11.7. The van der Waals surface area contributed by atoms with E-state index in [0.717, 1.165) is 18.5 Å². The molecule has 3 saturated carbocycles. The number of hydrogen-bond acceptors (Lipinski definition) is 11. The number of rotatable bonds is 15. The summed E-state index contributed by atoms with van der Waals surface area (Å²) in [6.07, 6.45) is 2.88. The summed E-state index contributed by atoms with van der Waals surface area (Å²) in [6.45, 7) is 13.9. The Morgan fingerprint density at radius 2 is 1.83 bits per heavy atom. The molecule has 3 aromatic rings. The largest absolute Gasteiger partial charge is 0.490 e. The molecule has 312 valence electrons. The number of nitrogens with one attached hydrogen (secondary N) is 2. The van der Waals surface area contributed by atoms with Crippen molar-refractivity contribution >= 4 is 57.7 Å². The number of carboxylic acid groups (broad SMARTS) is 1. The van der Waals surface area contributed by atoms with E-state index in [0.29, 0.717) is 51.5 Å². The summed E-state index contributed by atoms with van der Waals surface area (Å²) >= 11 is 8.38. The van der Waals surface area contributed by atoms with E-state index in [9.17, 15) is 24.3 Å².